The molecule has 0 radical (unpaired) electrons. The normalized spacial score (nSPS) is 10.5. The van der Waals surface area contributed by atoms with Crippen molar-refractivity contribution in [2.45, 2.75) is 20.5 Å². The van der Waals surface area contributed by atoms with Gasteiger partial charge in [0.1, 0.15) is 0 Å². The van der Waals surface area contributed by atoms with Crippen LogP contribution >= 0.6 is 0 Å². The number of H-pyrrole nitrogens is 1. The second-order valence-electron chi connectivity index (χ2n) is 3.91. The molecule has 0 fully saturated rings. The molecule has 4 heteroatoms. The molecule has 0 amide bonds. The summed E-state index contributed by atoms with van der Waals surface area (Å²) in [4.78, 5) is 0. The quantitative estimate of drug-likeness (QED) is 0.831. The van der Waals surface area contributed by atoms with Crippen molar-refractivity contribution < 1.29 is 4.74 Å². The van der Waals surface area contributed by atoms with Gasteiger partial charge in [-0.1, -0.05) is 17.7 Å². The lowest BCUT2D eigenvalue weighted by Crippen LogP contribution is -1.91. The summed E-state index contributed by atoms with van der Waals surface area (Å²) in [6.45, 7) is 5.32. The zero-order valence-electron chi connectivity index (χ0n) is 10.2. The maximum absolute atomic E-state index is 5.30. The van der Waals surface area contributed by atoms with E-state index in [0.717, 1.165) is 17.2 Å². The number of aromatic nitrogens is 2. The van der Waals surface area contributed by atoms with Gasteiger partial charge in [0, 0.05) is 18.4 Å². The van der Waals surface area contributed by atoms with E-state index >= 15 is 0 Å². The topological polar surface area (TPSA) is 49.9 Å². The predicted molar refractivity (Wildman–Crippen MR) is 68.4 cm³/mol. The summed E-state index contributed by atoms with van der Waals surface area (Å²) in [7, 11) is 0. The SMILES string of the molecule is CCOCc1cc(Nc2ccc(C)cc2)n[nH]1. The van der Waals surface area contributed by atoms with Crippen molar-refractivity contribution in [2.24, 2.45) is 0 Å². The monoisotopic (exact) mass is 231 g/mol. The fourth-order valence-corrected chi connectivity index (χ4v) is 1.50. The van der Waals surface area contributed by atoms with Crippen LogP contribution in [0.5, 0.6) is 0 Å². The average Bonchev–Trinajstić information content (AvgIpc) is 2.77. The van der Waals surface area contributed by atoms with Crippen molar-refractivity contribution in [2.75, 3.05) is 11.9 Å². The van der Waals surface area contributed by atoms with E-state index in [-0.39, 0.29) is 0 Å². The first kappa shape index (κ1) is 11.7. The van der Waals surface area contributed by atoms with Gasteiger partial charge in [-0.05, 0) is 26.0 Å². The van der Waals surface area contributed by atoms with Crippen molar-refractivity contribution in [1.29, 1.82) is 0 Å². The van der Waals surface area contributed by atoms with E-state index in [1.54, 1.807) is 0 Å². The molecule has 1 aromatic carbocycles. The van der Waals surface area contributed by atoms with E-state index in [2.05, 4.69) is 34.6 Å². The van der Waals surface area contributed by atoms with Crippen LogP contribution in [0.3, 0.4) is 0 Å². The summed E-state index contributed by atoms with van der Waals surface area (Å²) in [5, 5.41) is 10.3. The highest BCUT2D eigenvalue weighted by Gasteiger charge is 2.01. The van der Waals surface area contributed by atoms with Crippen LogP contribution in [0.1, 0.15) is 18.2 Å². The maximum atomic E-state index is 5.30. The van der Waals surface area contributed by atoms with Crippen molar-refractivity contribution in [1.82, 2.24) is 10.2 Å². The van der Waals surface area contributed by atoms with Gasteiger partial charge < -0.3 is 10.1 Å². The molecule has 2 rings (SSSR count). The molecule has 0 saturated heterocycles. The average molecular weight is 231 g/mol. The van der Waals surface area contributed by atoms with Crippen molar-refractivity contribution in [3.63, 3.8) is 0 Å². The molecule has 1 aromatic heterocycles. The van der Waals surface area contributed by atoms with E-state index in [0.29, 0.717) is 13.2 Å². The largest absolute Gasteiger partial charge is 0.375 e. The Morgan fingerprint density at radius 1 is 1.29 bits per heavy atom. The van der Waals surface area contributed by atoms with Gasteiger partial charge in [-0.15, -0.1) is 0 Å². The highest BCUT2D eigenvalue weighted by atomic mass is 16.5. The standard InChI is InChI=1S/C13H17N3O/c1-3-17-9-12-8-13(16-15-12)14-11-6-4-10(2)5-7-11/h4-8H,3,9H2,1-2H3,(H2,14,15,16). The van der Waals surface area contributed by atoms with Crippen LogP contribution in [-0.2, 0) is 11.3 Å². The molecule has 0 bridgehead atoms. The van der Waals surface area contributed by atoms with E-state index in [1.807, 2.05) is 25.1 Å². The Hall–Kier alpha value is -1.81. The van der Waals surface area contributed by atoms with Crippen LogP contribution in [0.25, 0.3) is 0 Å². The number of hydrogen-bond acceptors (Lipinski definition) is 3. The number of nitrogens with zero attached hydrogens (tertiary/aromatic N) is 1. The molecule has 4 nitrogen and oxygen atoms in total. The van der Waals surface area contributed by atoms with Gasteiger partial charge in [0.2, 0.25) is 0 Å². The molecule has 0 unspecified atom stereocenters. The smallest absolute Gasteiger partial charge is 0.152 e. The summed E-state index contributed by atoms with van der Waals surface area (Å²) < 4.78 is 5.30. The maximum Gasteiger partial charge on any atom is 0.152 e. The van der Waals surface area contributed by atoms with Gasteiger partial charge in [-0.25, -0.2) is 0 Å². The Balaban J connectivity index is 1.98. The Bertz CT molecular complexity index is 462. The highest BCUT2D eigenvalue weighted by molar-refractivity contribution is 5.56. The summed E-state index contributed by atoms with van der Waals surface area (Å²) in [6.07, 6.45) is 0. The third-order valence-corrected chi connectivity index (χ3v) is 2.42. The van der Waals surface area contributed by atoms with Gasteiger partial charge in [0.05, 0.1) is 12.3 Å². The van der Waals surface area contributed by atoms with Gasteiger partial charge in [-0.3, -0.25) is 5.10 Å². The van der Waals surface area contributed by atoms with Crippen LogP contribution < -0.4 is 5.32 Å². The number of aryl methyl sites for hydroxylation is 1. The number of ether oxygens (including phenoxy) is 1. The van der Waals surface area contributed by atoms with Crippen LogP contribution in [0, 0.1) is 6.92 Å². The molecule has 17 heavy (non-hydrogen) atoms. The summed E-state index contributed by atoms with van der Waals surface area (Å²) in [5.74, 6) is 0.809. The molecule has 90 valence electrons. The molecule has 0 aliphatic rings. The summed E-state index contributed by atoms with van der Waals surface area (Å²) in [5.41, 5.74) is 3.25. The van der Waals surface area contributed by atoms with Gasteiger partial charge >= 0.3 is 0 Å². The molecule has 1 heterocycles. The Morgan fingerprint density at radius 2 is 2.06 bits per heavy atom. The Kier molecular flexibility index (Phi) is 3.77. The lowest BCUT2D eigenvalue weighted by molar-refractivity contribution is 0.131. The van der Waals surface area contributed by atoms with Crippen LogP contribution in [0.15, 0.2) is 30.3 Å². The van der Waals surface area contributed by atoms with Gasteiger partial charge in [0.25, 0.3) is 0 Å². The number of aromatic amines is 1. The third kappa shape index (κ3) is 3.32. The predicted octanol–water partition coefficient (Wildman–Crippen LogP) is 3.00. The fourth-order valence-electron chi connectivity index (χ4n) is 1.50. The summed E-state index contributed by atoms with van der Waals surface area (Å²) >= 11 is 0. The van der Waals surface area contributed by atoms with E-state index < -0.39 is 0 Å². The lowest BCUT2D eigenvalue weighted by Gasteiger charge is -2.02. The summed E-state index contributed by atoms with van der Waals surface area (Å²) in [6, 6.07) is 10.2. The number of nitrogens with one attached hydrogen (secondary N) is 2. The molecule has 0 saturated carbocycles. The second-order valence-corrected chi connectivity index (χ2v) is 3.91. The second kappa shape index (κ2) is 5.50. The van der Waals surface area contributed by atoms with Gasteiger partial charge in [-0.2, -0.15) is 5.10 Å². The first-order chi connectivity index (χ1) is 8.28. The molecule has 0 atom stereocenters. The Labute approximate surface area is 101 Å². The van der Waals surface area contributed by atoms with Crippen LogP contribution in [0.2, 0.25) is 0 Å². The lowest BCUT2D eigenvalue weighted by atomic mass is 10.2. The molecule has 0 spiro atoms. The van der Waals surface area contributed by atoms with Gasteiger partial charge in [0.15, 0.2) is 5.82 Å². The minimum Gasteiger partial charge on any atom is -0.375 e. The van der Waals surface area contributed by atoms with E-state index in [9.17, 15) is 0 Å². The number of rotatable bonds is 5. The van der Waals surface area contributed by atoms with Crippen molar-refractivity contribution >= 4 is 11.5 Å². The minimum atomic E-state index is 0.569. The van der Waals surface area contributed by atoms with Crippen molar-refractivity contribution in [3.05, 3.63) is 41.6 Å². The molecular formula is C13H17N3O. The zero-order chi connectivity index (χ0) is 12.1. The third-order valence-electron chi connectivity index (χ3n) is 2.42. The van der Waals surface area contributed by atoms with Crippen molar-refractivity contribution in [3.8, 4) is 0 Å². The number of benzene rings is 1. The van der Waals surface area contributed by atoms with E-state index in [4.69, 9.17) is 4.74 Å². The van der Waals surface area contributed by atoms with Crippen LogP contribution in [-0.4, -0.2) is 16.8 Å². The molecule has 2 aromatic rings. The van der Waals surface area contributed by atoms with E-state index in [1.165, 1.54) is 5.56 Å². The Morgan fingerprint density at radius 3 is 2.76 bits per heavy atom. The van der Waals surface area contributed by atoms with Crippen LogP contribution in [0.4, 0.5) is 11.5 Å². The molecular weight excluding hydrogens is 214 g/mol. The minimum absolute atomic E-state index is 0.569. The molecule has 0 aliphatic carbocycles. The molecule has 2 N–H and O–H groups in total. The first-order valence-corrected chi connectivity index (χ1v) is 5.73. The first-order valence-electron chi connectivity index (χ1n) is 5.73. The zero-order valence-corrected chi connectivity index (χ0v) is 10.2. The molecule has 0 aliphatic heterocycles. The highest BCUT2D eigenvalue weighted by Crippen LogP contribution is 2.15. The number of hydrogen-bond donors (Lipinski definition) is 2. The fraction of sp³-hybridized carbons (Fsp3) is 0.308. The number of anilines is 2.